The number of unbranched alkanes of at least 4 members (excludes halogenated alkanes) is 14. The van der Waals surface area contributed by atoms with E-state index in [-0.39, 0.29) is 19.1 Å². The van der Waals surface area contributed by atoms with Crippen molar-refractivity contribution in [2.24, 2.45) is 0 Å². The van der Waals surface area contributed by atoms with E-state index in [1.54, 1.807) is 6.08 Å². The van der Waals surface area contributed by atoms with Gasteiger partial charge in [0.05, 0.1) is 39.9 Å². The fourth-order valence-corrected chi connectivity index (χ4v) is 7.07. The van der Waals surface area contributed by atoms with Crippen molar-refractivity contribution >= 4 is 13.7 Å². The first-order valence-corrected chi connectivity index (χ1v) is 26.2. The van der Waals surface area contributed by atoms with Crippen molar-refractivity contribution < 1.29 is 32.9 Å². The lowest BCUT2D eigenvalue weighted by atomic mass is 10.0. The molecule has 3 atom stereocenters. The first-order valence-electron chi connectivity index (χ1n) is 24.7. The monoisotopic (exact) mass is 897 g/mol. The minimum absolute atomic E-state index is 0.00781. The van der Waals surface area contributed by atoms with Crippen molar-refractivity contribution in [1.29, 1.82) is 0 Å². The van der Waals surface area contributed by atoms with Crippen LogP contribution in [0.25, 0.3) is 0 Å². The third-order valence-electron chi connectivity index (χ3n) is 10.2. The Bertz CT molecular complexity index is 1390. The molecule has 0 aromatic heterocycles. The van der Waals surface area contributed by atoms with E-state index in [9.17, 15) is 19.4 Å². The topological polar surface area (TPSA) is 108 Å². The molecular weight excluding hydrogens is 804 g/mol. The molecule has 0 rings (SSSR count). The molecule has 1 amide bonds. The Morgan fingerprint density at radius 1 is 0.571 bits per heavy atom. The molecule has 3 unspecified atom stereocenters. The number of nitrogens with zero attached hydrogens (tertiary/aromatic N) is 1. The zero-order valence-electron chi connectivity index (χ0n) is 40.7. The fourth-order valence-electron chi connectivity index (χ4n) is 6.34. The van der Waals surface area contributed by atoms with E-state index in [2.05, 4.69) is 116 Å². The van der Waals surface area contributed by atoms with Crippen molar-refractivity contribution in [1.82, 2.24) is 5.32 Å². The molecule has 0 aliphatic carbocycles. The zero-order chi connectivity index (χ0) is 46.4. The minimum Gasteiger partial charge on any atom is -0.756 e. The molecule has 360 valence electrons. The molecule has 0 aromatic rings. The average Bonchev–Trinajstić information content (AvgIpc) is 3.24. The molecule has 8 nitrogen and oxygen atoms in total. The van der Waals surface area contributed by atoms with E-state index < -0.39 is 20.0 Å². The molecular formula is C54H93N2O6P. The SMILES string of the molecule is CC/C=C\C/C=C\C/C=C\C/C=C\C/C=C\C/C=C\C/C=C\C/C=C\CCCCCCCCCCCCC(=O)NC(COP(=O)([O-])OCC[N+](C)(C)C)C(O)/C=C/CCCCCC. The van der Waals surface area contributed by atoms with E-state index in [0.717, 1.165) is 103 Å². The van der Waals surface area contributed by atoms with E-state index in [0.29, 0.717) is 17.4 Å². The number of carbonyl (C=O) groups is 1. The number of amides is 1. The summed E-state index contributed by atoms with van der Waals surface area (Å²) < 4.78 is 23.0. The van der Waals surface area contributed by atoms with Crippen molar-refractivity contribution in [3.8, 4) is 0 Å². The van der Waals surface area contributed by atoms with Gasteiger partial charge in [-0.1, -0.05) is 194 Å². The minimum atomic E-state index is -4.58. The second-order valence-electron chi connectivity index (χ2n) is 17.4. The summed E-state index contributed by atoms with van der Waals surface area (Å²) in [6.07, 6.45) is 64.8. The van der Waals surface area contributed by atoms with Gasteiger partial charge in [0, 0.05) is 6.42 Å². The van der Waals surface area contributed by atoms with Gasteiger partial charge in [0.2, 0.25) is 5.91 Å². The highest BCUT2D eigenvalue weighted by molar-refractivity contribution is 7.45. The van der Waals surface area contributed by atoms with Gasteiger partial charge in [-0.15, -0.1) is 0 Å². The van der Waals surface area contributed by atoms with Gasteiger partial charge in [-0.3, -0.25) is 9.36 Å². The number of aliphatic hydroxyl groups is 1. The predicted octanol–water partition coefficient (Wildman–Crippen LogP) is 13.8. The number of phosphoric acid groups is 1. The van der Waals surface area contributed by atoms with Crippen LogP contribution in [0.1, 0.15) is 174 Å². The lowest BCUT2D eigenvalue weighted by Gasteiger charge is -2.29. The van der Waals surface area contributed by atoms with Crippen LogP contribution in [0.3, 0.4) is 0 Å². The lowest BCUT2D eigenvalue weighted by Crippen LogP contribution is -2.45. The van der Waals surface area contributed by atoms with Gasteiger partial charge in [0.1, 0.15) is 13.2 Å². The Hall–Kier alpha value is -2.84. The van der Waals surface area contributed by atoms with Gasteiger partial charge in [0.25, 0.3) is 7.82 Å². The first kappa shape index (κ1) is 60.2. The maximum Gasteiger partial charge on any atom is 0.268 e. The summed E-state index contributed by atoms with van der Waals surface area (Å²) in [6.45, 7) is 4.41. The fraction of sp³-hybridized carbons (Fsp3) is 0.648. The van der Waals surface area contributed by atoms with Crippen molar-refractivity contribution in [3.63, 3.8) is 0 Å². The molecule has 0 fully saturated rings. The molecule has 9 heteroatoms. The standard InChI is InChI=1S/C54H93N2O6P/c1-6-8-10-12-14-15-16-17-18-19-20-21-22-23-24-25-26-27-28-29-30-31-32-33-34-35-36-37-38-39-40-41-42-44-46-48-54(58)55-52(53(57)47-45-43-13-11-9-7-2)51-62-63(59,60)61-50-49-56(3,4)5/h8,10,14-15,17-18,20-21,23-24,26-27,29-30,32-33,45,47,52-53,57H,6-7,9,11-13,16,19,22,25,28,31,34-44,46,48-51H2,1-5H3,(H-,55,58,59,60)/b10-8-,15-14-,18-17-,21-20-,24-23-,27-26-,30-29-,33-32-,47-45+. The molecule has 0 radical (unpaired) electrons. The Morgan fingerprint density at radius 3 is 1.41 bits per heavy atom. The van der Waals surface area contributed by atoms with Crippen LogP contribution in [-0.2, 0) is 18.4 Å². The zero-order valence-corrected chi connectivity index (χ0v) is 41.6. The number of rotatable bonds is 43. The van der Waals surface area contributed by atoms with E-state index in [1.807, 2.05) is 27.2 Å². The Kier molecular flexibility index (Phi) is 42.4. The molecule has 0 heterocycles. The number of likely N-dealkylation sites (N-methyl/N-ethyl adjacent to an activating group) is 1. The summed E-state index contributed by atoms with van der Waals surface area (Å²) in [6, 6.07) is -0.892. The van der Waals surface area contributed by atoms with E-state index in [4.69, 9.17) is 9.05 Å². The van der Waals surface area contributed by atoms with Crippen LogP contribution in [0.15, 0.2) is 109 Å². The number of allylic oxidation sites excluding steroid dienone is 17. The summed E-state index contributed by atoms with van der Waals surface area (Å²) in [5.41, 5.74) is 0. The molecule has 0 saturated heterocycles. The van der Waals surface area contributed by atoms with Crippen molar-refractivity contribution in [2.45, 2.75) is 187 Å². The molecule has 63 heavy (non-hydrogen) atoms. The number of carbonyl (C=O) groups excluding carboxylic acids is 1. The summed E-state index contributed by atoms with van der Waals surface area (Å²) in [7, 11) is 1.24. The molecule has 2 N–H and O–H groups in total. The van der Waals surface area contributed by atoms with Crippen LogP contribution in [-0.4, -0.2) is 68.5 Å². The molecule has 0 saturated carbocycles. The molecule has 0 aromatic carbocycles. The van der Waals surface area contributed by atoms with Crippen LogP contribution in [0, 0.1) is 0 Å². The van der Waals surface area contributed by atoms with Crippen molar-refractivity contribution in [3.05, 3.63) is 109 Å². The van der Waals surface area contributed by atoms with E-state index in [1.165, 1.54) is 51.4 Å². The number of hydrogen-bond donors (Lipinski definition) is 2. The number of aliphatic hydroxyl groups excluding tert-OH is 1. The summed E-state index contributed by atoms with van der Waals surface area (Å²) in [4.78, 5) is 25.2. The van der Waals surface area contributed by atoms with Gasteiger partial charge in [-0.25, -0.2) is 0 Å². The maximum atomic E-state index is 12.8. The highest BCUT2D eigenvalue weighted by Crippen LogP contribution is 2.38. The molecule has 0 aliphatic heterocycles. The quantitative estimate of drug-likeness (QED) is 0.0273. The number of nitrogens with one attached hydrogen (secondary N) is 1. The Balaban J connectivity index is 4.00. The van der Waals surface area contributed by atoms with Gasteiger partial charge < -0.3 is 28.8 Å². The predicted molar refractivity (Wildman–Crippen MR) is 269 cm³/mol. The van der Waals surface area contributed by atoms with Crippen molar-refractivity contribution in [2.75, 3.05) is 40.9 Å². The Labute approximate surface area is 387 Å². The van der Waals surface area contributed by atoms with E-state index >= 15 is 0 Å². The lowest BCUT2D eigenvalue weighted by molar-refractivity contribution is -0.870. The summed E-state index contributed by atoms with van der Waals surface area (Å²) in [5, 5.41) is 13.6. The highest BCUT2D eigenvalue weighted by Gasteiger charge is 2.23. The molecule has 0 spiro atoms. The van der Waals surface area contributed by atoms with Gasteiger partial charge in [-0.2, -0.15) is 0 Å². The van der Waals surface area contributed by atoms with Gasteiger partial charge >= 0.3 is 0 Å². The van der Waals surface area contributed by atoms with Crippen LogP contribution in [0.4, 0.5) is 0 Å². The Morgan fingerprint density at radius 2 is 0.968 bits per heavy atom. The number of phosphoric ester groups is 1. The largest absolute Gasteiger partial charge is 0.756 e. The smallest absolute Gasteiger partial charge is 0.268 e. The number of quaternary nitrogens is 1. The first-order chi connectivity index (χ1) is 30.5. The molecule has 0 bridgehead atoms. The van der Waals surface area contributed by atoms with Crippen LogP contribution < -0.4 is 10.2 Å². The summed E-state index contributed by atoms with van der Waals surface area (Å²) in [5.74, 6) is -0.214. The number of hydrogen-bond acceptors (Lipinski definition) is 6. The second kappa shape index (κ2) is 44.4. The second-order valence-corrected chi connectivity index (χ2v) is 18.8. The third-order valence-corrected chi connectivity index (χ3v) is 11.2. The third kappa shape index (κ3) is 47.0. The maximum absolute atomic E-state index is 12.8. The normalized spacial score (nSPS) is 15.1. The highest BCUT2D eigenvalue weighted by atomic mass is 31.2. The average molecular weight is 897 g/mol. The van der Waals surface area contributed by atoms with Crippen LogP contribution in [0.5, 0.6) is 0 Å². The van der Waals surface area contributed by atoms with Gasteiger partial charge in [-0.05, 0) is 83.5 Å². The molecule has 0 aliphatic rings. The van der Waals surface area contributed by atoms with Gasteiger partial charge in [0.15, 0.2) is 0 Å². The summed E-state index contributed by atoms with van der Waals surface area (Å²) >= 11 is 0. The van der Waals surface area contributed by atoms with Crippen LogP contribution >= 0.6 is 7.82 Å². The van der Waals surface area contributed by atoms with Crippen LogP contribution in [0.2, 0.25) is 0 Å².